The van der Waals surface area contributed by atoms with Gasteiger partial charge < -0.3 is 10.2 Å². The van der Waals surface area contributed by atoms with E-state index in [0.29, 0.717) is 23.4 Å². The van der Waals surface area contributed by atoms with Gasteiger partial charge in [0, 0.05) is 18.8 Å². The summed E-state index contributed by atoms with van der Waals surface area (Å²) in [7, 11) is 1.34. The molecule has 1 aliphatic heterocycles. The largest absolute Gasteiger partial charge is 0.335 e. The van der Waals surface area contributed by atoms with E-state index < -0.39 is 42.0 Å². The van der Waals surface area contributed by atoms with Gasteiger partial charge in [-0.15, -0.1) is 0 Å². The summed E-state index contributed by atoms with van der Waals surface area (Å²) in [5.74, 6) is -3.58. The SMILES string of the molecule is CN(CC(=O)Nc1ccc(F)cc1)C(=O)CN1C(=O)C(=O)N(C2CCCC2)C1=O. The van der Waals surface area contributed by atoms with E-state index in [1.54, 1.807) is 0 Å². The molecule has 1 aliphatic carbocycles. The van der Waals surface area contributed by atoms with Crippen LogP contribution in [0.15, 0.2) is 24.3 Å². The number of likely N-dealkylation sites (N-methyl/N-ethyl adjacent to an activating group) is 1. The zero-order chi connectivity index (χ0) is 21.1. The Labute approximate surface area is 166 Å². The number of halogens is 1. The summed E-state index contributed by atoms with van der Waals surface area (Å²) in [5, 5.41) is 2.51. The molecule has 1 saturated heterocycles. The third-order valence-electron chi connectivity index (χ3n) is 5.00. The number of benzene rings is 1. The van der Waals surface area contributed by atoms with Crippen LogP contribution < -0.4 is 5.32 Å². The molecule has 0 aromatic heterocycles. The van der Waals surface area contributed by atoms with Crippen molar-refractivity contribution in [3.8, 4) is 0 Å². The Kier molecular flexibility index (Phi) is 5.90. The molecule has 3 rings (SSSR count). The second-order valence-corrected chi connectivity index (χ2v) is 7.09. The third kappa shape index (κ3) is 4.41. The van der Waals surface area contributed by atoms with Gasteiger partial charge in [-0.3, -0.25) is 24.1 Å². The fourth-order valence-electron chi connectivity index (χ4n) is 3.44. The number of carbonyl (C=O) groups excluding carboxylic acids is 5. The minimum atomic E-state index is -1.03. The third-order valence-corrected chi connectivity index (χ3v) is 5.00. The molecule has 0 bridgehead atoms. The van der Waals surface area contributed by atoms with Gasteiger partial charge in [-0.05, 0) is 37.1 Å². The van der Waals surface area contributed by atoms with Crippen LogP contribution in [0, 0.1) is 5.82 Å². The first kappa shape index (κ1) is 20.4. The number of hydrogen-bond donors (Lipinski definition) is 1. The minimum absolute atomic E-state index is 0.307. The van der Waals surface area contributed by atoms with Crippen LogP contribution in [0.3, 0.4) is 0 Å². The number of urea groups is 1. The molecule has 2 fully saturated rings. The molecular formula is C19H21FN4O5. The lowest BCUT2D eigenvalue weighted by Gasteiger charge is -2.22. The van der Waals surface area contributed by atoms with E-state index in [4.69, 9.17) is 0 Å². The van der Waals surface area contributed by atoms with Crippen molar-refractivity contribution in [1.82, 2.24) is 14.7 Å². The van der Waals surface area contributed by atoms with Crippen molar-refractivity contribution in [2.75, 3.05) is 25.5 Å². The molecule has 0 radical (unpaired) electrons. The van der Waals surface area contributed by atoms with Crippen molar-refractivity contribution in [3.05, 3.63) is 30.1 Å². The van der Waals surface area contributed by atoms with Gasteiger partial charge in [-0.1, -0.05) is 12.8 Å². The minimum Gasteiger partial charge on any atom is -0.335 e. The van der Waals surface area contributed by atoms with E-state index in [0.717, 1.165) is 22.6 Å². The van der Waals surface area contributed by atoms with E-state index in [1.807, 2.05) is 0 Å². The molecule has 154 valence electrons. The van der Waals surface area contributed by atoms with Crippen molar-refractivity contribution >= 4 is 35.3 Å². The lowest BCUT2D eigenvalue weighted by molar-refractivity contribution is -0.145. The summed E-state index contributed by atoms with van der Waals surface area (Å²) in [6.45, 7) is -0.959. The van der Waals surface area contributed by atoms with Gasteiger partial charge in [0.1, 0.15) is 12.4 Å². The van der Waals surface area contributed by atoms with E-state index >= 15 is 0 Å². The summed E-state index contributed by atoms with van der Waals surface area (Å²) < 4.78 is 12.9. The maximum absolute atomic E-state index is 12.9. The number of nitrogens with zero attached hydrogens (tertiary/aromatic N) is 3. The Balaban J connectivity index is 1.56. The molecule has 1 aromatic rings. The Morgan fingerprint density at radius 3 is 2.34 bits per heavy atom. The molecule has 9 nitrogen and oxygen atoms in total. The van der Waals surface area contributed by atoms with Gasteiger partial charge in [0.05, 0.1) is 6.54 Å². The Bertz CT molecular complexity index is 851. The molecule has 6 amide bonds. The van der Waals surface area contributed by atoms with Gasteiger partial charge in [0.15, 0.2) is 0 Å². The number of imide groups is 2. The summed E-state index contributed by atoms with van der Waals surface area (Å²) in [6.07, 6.45) is 3.05. The summed E-state index contributed by atoms with van der Waals surface area (Å²) in [6, 6.07) is 4.02. The van der Waals surface area contributed by atoms with Crippen LogP contribution in [0.2, 0.25) is 0 Å². The number of carbonyl (C=O) groups is 5. The Hall–Kier alpha value is -3.30. The lowest BCUT2D eigenvalue weighted by Crippen LogP contribution is -2.45. The fourth-order valence-corrected chi connectivity index (χ4v) is 3.44. The number of rotatable bonds is 6. The van der Waals surface area contributed by atoms with Crippen LogP contribution in [-0.2, 0) is 19.2 Å². The standard InChI is InChI=1S/C19H21FN4O5/c1-22(10-15(25)21-13-8-6-12(20)7-9-13)16(26)11-23-17(27)18(28)24(19(23)29)14-4-2-3-5-14/h6-9,14H,2-5,10-11H2,1H3,(H,21,25). The van der Waals surface area contributed by atoms with Crippen LogP contribution in [0.5, 0.6) is 0 Å². The summed E-state index contributed by atoms with van der Waals surface area (Å²) in [5.41, 5.74) is 0.361. The van der Waals surface area contributed by atoms with Gasteiger partial charge >= 0.3 is 17.8 Å². The molecule has 0 atom stereocenters. The zero-order valence-electron chi connectivity index (χ0n) is 15.9. The molecular weight excluding hydrogens is 383 g/mol. The quantitative estimate of drug-likeness (QED) is 0.561. The predicted molar refractivity (Wildman–Crippen MR) is 98.9 cm³/mol. The molecule has 0 spiro atoms. The predicted octanol–water partition coefficient (Wildman–Crippen LogP) is 0.956. The van der Waals surface area contributed by atoms with Crippen LogP contribution in [0.25, 0.3) is 0 Å². The number of anilines is 1. The van der Waals surface area contributed by atoms with Crippen molar-refractivity contribution < 1.29 is 28.4 Å². The molecule has 1 saturated carbocycles. The van der Waals surface area contributed by atoms with Crippen LogP contribution in [-0.4, -0.2) is 70.5 Å². The van der Waals surface area contributed by atoms with E-state index in [-0.39, 0.29) is 12.6 Å². The zero-order valence-corrected chi connectivity index (χ0v) is 15.9. The molecule has 1 aromatic carbocycles. The Morgan fingerprint density at radius 1 is 1.10 bits per heavy atom. The lowest BCUT2D eigenvalue weighted by atomic mass is 10.2. The van der Waals surface area contributed by atoms with E-state index in [9.17, 15) is 28.4 Å². The number of nitrogens with one attached hydrogen (secondary N) is 1. The summed E-state index contributed by atoms with van der Waals surface area (Å²) in [4.78, 5) is 63.9. The van der Waals surface area contributed by atoms with Crippen LogP contribution in [0.4, 0.5) is 14.9 Å². The average Bonchev–Trinajstić information content (AvgIpc) is 3.27. The van der Waals surface area contributed by atoms with E-state index in [2.05, 4.69) is 5.32 Å². The summed E-state index contributed by atoms with van der Waals surface area (Å²) >= 11 is 0. The second-order valence-electron chi connectivity index (χ2n) is 7.09. The van der Waals surface area contributed by atoms with Gasteiger partial charge in [0.25, 0.3) is 0 Å². The van der Waals surface area contributed by atoms with Crippen molar-refractivity contribution in [3.63, 3.8) is 0 Å². The number of hydrogen-bond acceptors (Lipinski definition) is 5. The first-order valence-electron chi connectivity index (χ1n) is 9.26. The molecule has 2 aliphatic rings. The normalized spacial score (nSPS) is 17.2. The average molecular weight is 404 g/mol. The molecule has 1 heterocycles. The highest BCUT2D eigenvalue weighted by Gasteiger charge is 2.48. The van der Waals surface area contributed by atoms with Gasteiger partial charge in [-0.25, -0.2) is 14.1 Å². The molecule has 1 N–H and O–H groups in total. The van der Waals surface area contributed by atoms with Crippen LogP contribution in [0.1, 0.15) is 25.7 Å². The van der Waals surface area contributed by atoms with E-state index in [1.165, 1.54) is 31.3 Å². The maximum atomic E-state index is 12.9. The topological polar surface area (TPSA) is 107 Å². The number of amides is 6. The highest BCUT2D eigenvalue weighted by Crippen LogP contribution is 2.27. The fraction of sp³-hybridized carbons (Fsp3) is 0.421. The molecule has 29 heavy (non-hydrogen) atoms. The smallest absolute Gasteiger partial charge is 0.334 e. The van der Waals surface area contributed by atoms with Gasteiger partial charge in [-0.2, -0.15) is 0 Å². The molecule has 0 unspecified atom stereocenters. The Morgan fingerprint density at radius 2 is 1.72 bits per heavy atom. The van der Waals surface area contributed by atoms with Crippen molar-refractivity contribution in [1.29, 1.82) is 0 Å². The maximum Gasteiger partial charge on any atom is 0.334 e. The second kappa shape index (κ2) is 8.38. The highest BCUT2D eigenvalue weighted by atomic mass is 19.1. The first-order valence-corrected chi connectivity index (χ1v) is 9.26. The first-order chi connectivity index (χ1) is 13.8. The van der Waals surface area contributed by atoms with Crippen molar-refractivity contribution in [2.45, 2.75) is 31.7 Å². The van der Waals surface area contributed by atoms with Crippen LogP contribution >= 0.6 is 0 Å². The molecule has 10 heteroatoms. The van der Waals surface area contributed by atoms with Gasteiger partial charge in [0.2, 0.25) is 11.8 Å². The highest BCUT2D eigenvalue weighted by molar-refractivity contribution is 6.45. The van der Waals surface area contributed by atoms with Crippen molar-refractivity contribution in [2.24, 2.45) is 0 Å². The monoisotopic (exact) mass is 404 g/mol.